The SMILES string of the molecule is Cc1c(Br)c(C(F)F)nn1CC(=O)Nc1nn(Cc2ccc(F)cc2)cc1Cl. The number of carbonyl (C=O) groups excluding carboxylic acids is 1. The Hall–Kier alpha value is -2.33. The summed E-state index contributed by atoms with van der Waals surface area (Å²) in [4.78, 5) is 12.3. The van der Waals surface area contributed by atoms with E-state index in [2.05, 4.69) is 31.4 Å². The van der Waals surface area contributed by atoms with Crippen LogP contribution in [0.3, 0.4) is 0 Å². The summed E-state index contributed by atoms with van der Waals surface area (Å²) >= 11 is 9.15. The van der Waals surface area contributed by atoms with Crippen LogP contribution in [-0.2, 0) is 17.9 Å². The second-order valence-electron chi connectivity index (χ2n) is 5.94. The second kappa shape index (κ2) is 8.36. The lowest BCUT2D eigenvalue weighted by atomic mass is 10.2. The molecule has 0 aliphatic carbocycles. The van der Waals surface area contributed by atoms with Gasteiger partial charge in [-0.05, 0) is 40.5 Å². The van der Waals surface area contributed by atoms with E-state index in [1.807, 2.05) is 0 Å². The van der Waals surface area contributed by atoms with Crippen LogP contribution in [0.25, 0.3) is 0 Å². The molecule has 3 aromatic rings. The lowest BCUT2D eigenvalue weighted by Gasteiger charge is -2.05. The topological polar surface area (TPSA) is 64.7 Å². The molecule has 2 aromatic heterocycles. The van der Waals surface area contributed by atoms with E-state index in [0.29, 0.717) is 12.2 Å². The van der Waals surface area contributed by atoms with Crippen molar-refractivity contribution in [2.45, 2.75) is 26.4 Å². The molecule has 0 fully saturated rings. The number of nitrogens with one attached hydrogen (secondary N) is 1. The van der Waals surface area contributed by atoms with Gasteiger partial charge < -0.3 is 5.32 Å². The zero-order chi connectivity index (χ0) is 20.4. The summed E-state index contributed by atoms with van der Waals surface area (Å²) in [5.74, 6) is -0.731. The van der Waals surface area contributed by atoms with Crippen molar-refractivity contribution in [1.82, 2.24) is 19.6 Å². The molecule has 0 bridgehead atoms. The van der Waals surface area contributed by atoms with Gasteiger partial charge in [0.25, 0.3) is 6.43 Å². The smallest absolute Gasteiger partial charge is 0.283 e. The number of hydrogen-bond acceptors (Lipinski definition) is 3. The minimum atomic E-state index is -2.76. The molecule has 2 heterocycles. The first-order valence-electron chi connectivity index (χ1n) is 8.02. The van der Waals surface area contributed by atoms with Gasteiger partial charge in [0.1, 0.15) is 23.1 Å². The lowest BCUT2D eigenvalue weighted by molar-refractivity contribution is -0.117. The normalized spacial score (nSPS) is 11.2. The van der Waals surface area contributed by atoms with Crippen molar-refractivity contribution in [3.05, 3.63) is 62.7 Å². The van der Waals surface area contributed by atoms with Crippen molar-refractivity contribution in [2.24, 2.45) is 0 Å². The van der Waals surface area contributed by atoms with Gasteiger partial charge in [-0.1, -0.05) is 23.7 Å². The van der Waals surface area contributed by atoms with Gasteiger partial charge in [-0.15, -0.1) is 0 Å². The molecule has 0 atom stereocenters. The molecule has 0 radical (unpaired) electrons. The fourth-order valence-electron chi connectivity index (χ4n) is 2.49. The van der Waals surface area contributed by atoms with Crippen molar-refractivity contribution in [1.29, 1.82) is 0 Å². The summed E-state index contributed by atoms with van der Waals surface area (Å²) in [6.45, 7) is 1.62. The quantitative estimate of drug-likeness (QED) is 0.567. The number of nitrogens with zero attached hydrogens (tertiary/aromatic N) is 4. The van der Waals surface area contributed by atoms with Crippen molar-refractivity contribution in [3.63, 3.8) is 0 Å². The highest BCUT2D eigenvalue weighted by molar-refractivity contribution is 9.10. The molecule has 148 valence electrons. The molecule has 3 rings (SSSR count). The standard InChI is InChI=1S/C17H14BrClF3N5O/c1-9-14(18)15(16(21)22)24-27(9)8-13(28)23-17-12(19)7-26(25-17)6-10-2-4-11(20)5-3-10/h2-5,7,16H,6,8H2,1H3,(H,23,25,28). The molecule has 11 heteroatoms. The maximum atomic E-state index is 13.0. The van der Waals surface area contributed by atoms with Crippen molar-refractivity contribution in [2.75, 3.05) is 5.32 Å². The van der Waals surface area contributed by atoms with Gasteiger partial charge in [-0.2, -0.15) is 10.2 Å². The molecule has 1 aromatic carbocycles. The van der Waals surface area contributed by atoms with Gasteiger partial charge in [0, 0.05) is 6.20 Å². The molecule has 0 saturated heterocycles. The largest absolute Gasteiger partial charge is 0.306 e. The van der Waals surface area contributed by atoms with Crippen molar-refractivity contribution >= 4 is 39.3 Å². The van der Waals surface area contributed by atoms with E-state index >= 15 is 0 Å². The number of aromatic nitrogens is 4. The van der Waals surface area contributed by atoms with Crippen LogP contribution in [0.15, 0.2) is 34.9 Å². The Morgan fingerprint density at radius 3 is 2.57 bits per heavy atom. The third-order valence-corrected chi connectivity index (χ3v) is 5.15. The summed E-state index contributed by atoms with van der Waals surface area (Å²) in [7, 11) is 0. The maximum absolute atomic E-state index is 13.0. The highest BCUT2D eigenvalue weighted by atomic mass is 79.9. The number of halogens is 5. The van der Waals surface area contributed by atoms with E-state index in [-0.39, 0.29) is 27.7 Å². The average molecular weight is 477 g/mol. The Kier molecular flexibility index (Phi) is 6.09. The Balaban J connectivity index is 1.68. The summed E-state index contributed by atoms with van der Waals surface area (Å²) < 4.78 is 41.6. The first-order chi connectivity index (χ1) is 13.2. The third kappa shape index (κ3) is 4.56. The molecular formula is C17H14BrClF3N5O. The first-order valence-corrected chi connectivity index (χ1v) is 9.20. The second-order valence-corrected chi connectivity index (χ2v) is 7.14. The summed E-state index contributed by atoms with van der Waals surface area (Å²) in [6, 6.07) is 5.90. The highest BCUT2D eigenvalue weighted by Crippen LogP contribution is 2.29. The molecule has 0 saturated carbocycles. The van der Waals surface area contributed by atoms with E-state index in [1.54, 1.807) is 19.1 Å². The van der Waals surface area contributed by atoms with Gasteiger partial charge in [0.2, 0.25) is 5.91 Å². The summed E-state index contributed by atoms with van der Waals surface area (Å²) in [5, 5.41) is 10.7. The molecule has 6 nitrogen and oxygen atoms in total. The van der Waals surface area contributed by atoms with E-state index in [4.69, 9.17) is 11.6 Å². The van der Waals surface area contributed by atoms with Gasteiger partial charge in [0.05, 0.1) is 16.7 Å². The lowest BCUT2D eigenvalue weighted by Crippen LogP contribution is -2.21. The van der Waals surface area contributed by atoms with Gasteiger partial charge >= 0.3 is 0 Å². The molecule has 0 unspecified atom stereocenters. The predicted molar refractivity (Wildman–Crippen MR) is 101 cm³/mol. The third-order valence-electron chi connectivity index (χ3n) is 3.89. The van der Waals surface area contributed by atoms with Crippen LogP contribution in [0.5, 0.6) is 0 Å². The summed E-state index contributed by atoms with van der Waals surface area (Å²) in [6.07, 6.45) is -1.24. The van der Waals surface area contributed by atoms with Crippen LogP contribution in [0.4, 0.5) is 19.0 Å². The van der Waals surface area contributed by atoms with Crippen LogP contribution in [0.1, 0.15) is 23.4 Å². The van der Waals surface area contributed by atoms with Gasteiger partial charge in [-0.25, -0.2) is 13.2 Å². The number of alkyl halides is 2. The molecule has 28 heavy (non-hydrogen) atoms. The van der Waals surface area contributed by atoms with Crippen molar-refractivity contribution < 1.29 is 18.0 Å². The Labute approximate surface area is 171 Å². The van der Waals surface area contributed by atoms with E-state index in [0.717, 1.165) is 5.56 Å². The van der Waals surface area contributed by atoms with E-state index < -0.39 is 18.0 Å². The van der Waals surface area contributed by atoms with E-state index in [9.17, 15) is 18.0 Å². The van der Waals surface area contributed by atoms with Gasteiger partial charge in [-0.3, -0.25) is 14.2 Å². The van der Waals surface area contributed by atoms with Crippen LogP contribution >= 0.6 is 27.5 Å². The summed E-state index contributed by atoms with van der Waals surface area (Å²) in [5.41, 5.74) is 0.778. The van der Waals surface area contributed by atoms with Crippen LogP contribution < -0.4 is 5.32 Å². The zero-order valence-corrected chi connectivity index (χ0v) is 16.8. The fourth-order valence-corrected chi connectivity index (χ4v) is 3.14. The maximum Gasteiger partial charge on any atom is 0.283 e. The highest BCUT2D eigenvalue weighted by Gasteiger charge is 2.21. The number of benzene rings is 1. The molecule has 1 N–H and O–H groups in total. The van der Waals surface area contributed by atoms with Crippen LogP contribution in [-0.4, -0.2) is 25.5 Å². The predicted octanol–water partition coefficient (Wildman–Crippen LogP) is 4.57. The average Bonchev–Trinajstić information content (AvgIpc) is 3.11. The Bertz CT molecular complexity index is 1000. The van der Waals surface area contributed by atoms with Gasteiger partial charge in [0.15, 0.2) is 5.82 Å². The van der Waals surface area contributed by atoms with Crippen molar-refractivity contribution in [3.8, 4) is 0 Å². The Morgan fingerprint density at radius 1 is 1.29 bits per heavy atom. The number of anilines is 1. The number of amides is 1. The molecule has 0 aliphatic rings. The molecular weight excluding hydrogens is 463 g/mol. The zero-order valence-electron chi connectivity index (χ0n) is 14.5. The Morgan fingerprint density at radius 2 is 1.96 bits per heavy atom. The number of rotatable bonds is 6. The number of carbonyl (C=O) groups is 1. The molecule has 0 spiro atoms. The minimum Gasteiger partial charge on any atom is -0.306 e. The number of hydrogen-bond donors (Lipinski definition) is 1. The minimum absolute atomic E-state index is 0.131. The molecule has 0 aliphatic heterocycles. The molecule has 1 amide bonds. The van der Waals surface area contributed by atoms with Crippen LogP contribution in [0.2, 0.25) is 5.02 Å². The monoisotopic (exact) mass is 475 g/mol. The van der Waals surface area contributed by atoms with Crippen LogP contribution in [0, 0.1) is 12.7 Å². The fraction of sp³-hybridized carbons (Fsp3) is 0.235. The first kappa shape index (κ1) is 20.4. The van der Waals surface area contributed by atoms with E-state index in [1.165, 1.54) is 27.7 Å².